The Kier molecular flexibility index (Phi) is 6.44. The zero-order valence-corrected chi connectivity index (χ0v) is 25.5. The third-order valence-electron chi connectivity index (χ3n) is 8.69. The van der Waals surface area contributed by atoms with E-state index in [9.17, 15) is 0 Å². The molecule has 1 heterocycles. The van der Waals surface area contributed by atoms with Gasteiger partial charge in [0.15, 0.2) is 8.07 Å². The Labute approximate surface area is 249 Å². The molecule has 0 N–H and O–H groups in total. The van der Waals surface area contributed by atoms with Gasteiger partial charge in [-0.15, -0.1) is 0 Å². The number of para-hydroxylation sites is 2. The molecular weight excluding hydrogens is 523 g/mol. The number of rotatable bonds is 5. The summed E-state index contributed by atoms with van der Waals surface area (Å²) in [5.41, 5.74) is 5.08. The van der Waals surface area contributed by atoms with E-state index in [2.05, 4.69) is 183 Å². The standard InChI is InChI=1S/C40H35NSi/c1-40(2,3)30-16-14-22-34(28-30)42(32-18-6-4-7-19-32,33-20-8-5-9-21-33)35-23-15-17-31(29-35)41-38-26-12-10-24-36(38)37-25-11-13-27-39(37)41/h4-29H,1-3H3. The predicted octanol–water partition coefficient (Wildman–Crippen LogP) is 7.46. The van der Waals surface area contributed by atoms with E-state index in [0.717, 1.165) is 0 Å². The van der Waals surface area contributed by atoms with Crippen molar-refractivity contribution in [1.29, 1.82) is 0 Å². The van der Waals surface area contributed by atoms with Gasteiger partial charge in [0.2, 0.25) is 0 Å². The smallest absolute Gasteiger partial charge is 0.179 e. The second-order valence-corrected chi connectivity index (χ2v) is 16.0. The molecular formula is C40H35NSi. The van der Waals surface area contributed by atoms with Crippen molar-refractivity contribution >= 4 is 50.6 Å². The predicted molar refractivity (Wildman–Crippen MR) is 183 cm³/mol. The number of hydrogen-bond donors (Lipinski definition) is 0. The van der Waals surface area contributed by atoms with Crippen molar-refractivity contribution in [3.05, 3.63) is 163 Å². The second kappa shape index (κ2) is 10.3. The largest absolute Gasteiger partial charge is 0.309 e. The van der Waals surface area contributed by atoms with Crippen LogP contribution in [0.25, 0.3) is 27.5 Å². The summed E-state index contributed by atoms with van der Waals surface area (Å²) in [5, 5.41) is 8.14. The SMILES string of the molecule is CC(C)(C)c1cccc([Si](c2ccccc2)(c2ccccc2)c2cccc(-n3c4ccccc4c4ccccc43)c2)c1. The summed E-state index contributed by atoms with van der Waals surface area (Å²) in [4.78, 5) is 0. The zero-order valence-electron chi connectivity index (χ0n) is 24.5. The van der Waals surface area contributed by atoms with Crippen molar-refractivity contribution in [2.45, 2.75) is 26.2 Å². The molecule has 0 fully saturated rings. The normalized spacial score (nSPS) is 12.2. The van der Waals surface area contributed by atoms with Crippen LogP contribution in [0.5, 0.6) is 0 Å². The highest BCUT2D eigenvalue weighted by molar-refractivity contribution is 7.19. The van der Waals surface area contributed by atoms with Crippen LogP contribution < -0.4 is 20.7 Å². The summed E-state index contributed by atoms with van der Waals surface area (Å²) in [6.07, 6.45) is 0. The van der Waals surface area contributed by atoms with E-state index in [1.807, 2.05) is 0 Å². The Morgan fingerprint density at radius 3 is 1.43 bits per heavy atom. The molecule has 0 spiro atoms. The third-order valence-corrected chi connectivity index (χ3v) is 13.4. The third kappa shape index (κ3) is 4.22. The number of hydrogen-bond acceptors (Lipinski definition) is 0. The van der Waals surface area contributed by atoms with Gasteiger partial charge in [0.05, 0.1) is 11.0 Å². The highest BCUT2D eigenvalue weighted by Gasteiger charge is 2.42. The molecule has 0 atom stereocenters. The van der Waals surface area contributed by atoms with E-state index in [-0.39, 0.29) is 5.41 Å². The fourth-order valence-electron chi connectivity index (χ4n) is 6.67. The van der Waals surface area contributed by atoms with E-state index in [0.29, 0.717) is 0 Å². The quantitative estimate of drug-likeness (QED) is 0.153. The van der Waals surface area contributed by atoms with Crippen LogP contribution in [0, 0.1) is 0 Å². The lowest BCUT2D eigenvalue weighted by molar-refractivity contribution is 0.591. The lowest BCUT2D eigenvalue weighted by Crippen LogP contribution is -2.74. The number of nitrogens with zero attached hydrogens (tertiary/aromatic N) is 1. The topological polar surface area (TPSA) is 4.93 Å². The molecule has 6 aromatic carbocycles. The van der Waals surface area contributed by atoms with Crippen LogP contribution in [-0.4, -0.2) is 12.6 Å². The highest BCUT2D eigenvalue weighted by atomic mass is 28.3. The summed E-state index contributed by atoms with van der Waals surface area (Å²) in [6.45, 7) is 6.93. The van der Waals surface area contributed by atoms with Gasteiger partial charge in [0.25, 0.3) is 0 Å². The van der Waals surface area contributed by atoms with E-state index in [1.165, 1.54) is 53.8 Å². The van der Waals surface area contributed by atoms with Crippen molar-refractivity contribution in [2.75, 3.05) is 0 Å². The molecule has 0 saturated heterocycles. The molecule has 0 aliphatic carbocycles. The minimum atomic E-state index is -2.70. The Bertz CT molecular complexity index is 1920. The molecule has 0 amide bonds. The van der Waals surface area contributed by atoms with E-state index in [1.54, 1.807) is 0 Å². The first kappa shape index (κ1) is 26.2. The number of fused-ring (bicyclic) bond motifs is 3. The molecule has 0 unspecified atom stereocenters. The van der Waals surface area contributed by atoms with Crippen molar-refractivity contribution in [1.82, 2.24) is 4.57 Å². The molecule has 1 nitrogen and oxygen atoms in total. The van der Waals surface area contributed by atoms with Crippen LogP contribution in [0.4, 0.5) is 0 Å². The molecule has 42 heavy (non-hydrogen) atoms. The van der Waals surface area contributed by atoms with Crippen LogP contribution >= 0.6 is 0 Å². The summed E-state index contributed by atoms with van der Waals surface area (Å²) >= 11 is 0. The van der Waals surface area contributed by atoms with Gasteiger partial charge in [-0.2, -0.15) is 0 Å². The maximum atomic E-state index is 2.49. The molecule has 0 saturated carbocycles. The molecule has 0 bridgehead atoms. The fraction of sp³-hybridized carbons (Fsp3) is 0.100. The van der Waals surface area contributed by atoms with Crippen LogP contribution in [0.1, 0.15) is 26.3 Å². The molecule has 0 radical (unpaired) electrons. The minimum Gasteiger partial charge on any atom is -0.309 e. The Balaban J connectivity index is 1.58. The lowest BCUT2D eigenvalue weighted by Gasteiger charge is -2.35. The molecule has 1 aromatic heterocycles. The fourth-order valence-corrected chi connectivity index (χ4v) is 11.5. The van der Waals surface area contributed by atoms with E-state index >= 15 is 0 Å². The zero-order chi connectivity index (χ0) is 28.7. The molecule has 204 valence electrons. The molecule has 7 aromatic rings. The summed E-state index contributed by atoms with van der Waals surface area (Å²) in [7, 11) is -2.70. The minimum absolute atomic E-state index is 0.0499. The number of aromatic nitrogens is 1. The van der Waals surface area contributed by atoms with Crippen LogP contribution in [-0.2, 0) is 5.41 Å². The Morgan fingerprint density at radius 1 is 0.429 bits per heavy atom. The van der Waals surface area contributed by atoms with Crippen LogP contribution in [0.3, 0.4) is 0 Å². The van der Waals surface area contributed by atoms with Crippen molar-refractivity contribution in [2.24, 2.45) is 0 Å². The first-order valence-corrected chi connectivity index (χ1v) is 16.8. The van der Waals surface area contributed by atoms with Gasteiger partial charge >= 0.3 is 0 Å². The Hall–Kier alpha value is -4.66. The Morgan fingerprint density at radius 2 is 0.881 bits per heavy atom. The molecule has 0 aliphatic heterocycles. The molecule has 7 rings (SSSR count). The second-order valence-electron chi connectivity index (χ2n) is 12.2. The van der Waals surface area contributed by atoms with Gasteiger partial charge in [-0.05, 0) is 56.0 Å². The van der Waals surface area contributed by atoms with E-state index < -0.39 is 8.07 Å². The average molecular weight is 558 g/mol. The van der Waals surface area contributed by atoms with Crippen molar-refractivity contribution in [3.8, 4) is 5.69 Å². The van der Waals surface area contributed by atoms with Gasteiger partial charge in [-0.25, -0.2) is 0 Å². The van der Waals surface area contributed by atoms with Gasteiger partial charge in [-0.1, -0.05) is 154 Å². The van der Waals surface area contributed by atoms with E-state index in [4.69, 9.17) is 0 Å². The first-order valence-electron chi connectivity index (χ1n) is 14.8. The maximum absolute atomic E-state index is 2.70. The first-order chi connectivity index (χ1) is 20.5. The monoisotopic (exact) mass is 557 g/mol. The van der Waals surface area contributed by atoms with Gasteiger partial charge in [-0.3, -0.25) is 0 Å². The summed E-state index contributed by atoms with van der Waals surface area (Å²) < 4.78 is 2.44. The number of benzene rings is 6. The van der Waals surface area contributed by atoms with Crippen molar-refractivity contribution in [3.63, 3.8) is 0 Å². The van der Waals surface area contributed by atoms with Crippen LogP contribution in [0.2, 0.25) is 0 Å². The highest BCUT2D eigenvalue weighted by Crippen LogP contribution is 2.31. The lowest BCUT2D eigenvalue weighted by atomic mass is 9.87. The average Bonchev–Trinajstić information content (AvgIpc) is 3.37. The molecule has 2 heteroatoms. The van der Waals surface area contributed by atoms with Gasteiger partial charge < -0.3 is 4.57 Å². The van der Waals surface area contributed by atoms with Crippen LogP contribution in [0.15, 0.2) is 158 Å². The maximum Gasteiger partial charge on any atom is 0.179 e. The van der Waals surface area contributed by atoms with Gasteiger partial charge in [0, 0.05) is 16.5 Å². The summed E-state index contributed by atoms with van der Waals surface area (Å²) in [6, 6.07) is 58.7. The van der Waals surface area contributed by atoms with Gasteiger partial charge in [0.1, 0.15) is 0 Å². The van der Waals surface area contributed by atoms with Crippen molar-refractivity contribution < 1.29 is 0 Å². The summed E-state index contributed by atoms with van der Waals surface area (Å²) in [5.74, 6) is 0. The molecule has 0 aliphatic rings.